The molecule has 1 saturated heterocycles. The molecule has 156 valence electrons. The molecular formula is C22H30N4O3. The molecule has 0 unspecified atom stereocenters. The predicted molar refractivity (Wildman–Crippen MR) is 109 cm³/mol. The highest BCUT2D eigenvalue weighted by molar-refractivity contribution is 6.08. The topological polar surface area (TPSA) is 90.5 Å². The summed E-state index contributed by atoms with van der Waals surface area (Å²) in [4.78, 5) is 37.4. The third-order valence-electron chi connectivity index (χ3n) is 6.55. The van der Waals surface area contributed by atoms with Gasteiger partial charge in [-0.1, -0.05) is 37.5 Å². The van der Waals surface area contributed by atoms with Crippen molar-refractivity contribution in [3.8, 4) is 0 Å². The summed E-state index contributed by atoms with van der Waals surface area (Å²) in [7, 11) is 0. The number of benzene rings is 1. The van der Waals surface area contributed by atoms with Gasteiger partial charge in [0.15, 0.2) is 0 Å². The molecule has 2 aliphatic carbocycles. The van der Waals surface area contributed by atoms with Crippen molar-refractivity contribution in [1.29, 1.82) is 0 Å². The highest BCUT2D eigenvalue weighted by Crippen LogP contribution is 2.33. The Bertz CT molecular complexity index is 816. The van der Waals surface area contributed by atoms with Crippen LogP contribution in [0, 0.1) is 0 Å². The van der Waals surface area contributed by atoms with Crippen LogP contribution in [0.25, 0.3) is 0 Å². The Balaban J connectivity index is 1.32. The second-order valence-corrected chi connectivity index (χ2v) is 8.59. The number of fused-ring (bicyclic) bond motifs is 1. The van der Waals surface area contributed by atoms with Crippen molar-refractivity contribution in [1.82, 2.24) is 21.1 Å². The van der Waals surface area contributed by atoms with E-state index in [1.807, 2.05) is 6.92 Å². The van der Waals surface area contributed by atoms with Gasteiger partial charge in [0.25, 0.3) is 11.8 Å². The number of urea groups is 1. The number of imide groups is 1. The number of nitrogens with zero attached hydrogens (tertiary/aromatic N) is 1. The highest BCUT2D eigenvalue weighted by Gasteiger charge is 2.52. The van der Waals surface area contributed by atoms with Crippen molar-refractivity contribution in [2.75, 3.05) is 6.54 Å². The molecule has 1 aliphatic heterocycles. The van der Waals surface area contributed by atoms with Gasteiger partial charge in [-0.2, -0.15) is 5.01 Å². The van der Waals surface area contributed by atoms with Crippen LogP contribution >= 0.6 is 0 Å². The molecule has 4 rings (SSSR count). The lowest BCUT2D eigenvalue weighted by Gasteiger charge is -2.30. The Hall–Kier alpha value is -2.41. The summed E-state index contributed by atoms with van der Waals surface area (Å²) in [6, 6.07) is 6.01. The summed E-state index contributed by atoms with van der Waals surface area (Å²) >= 11 is 0. The fourth-order valence-electron chi connectivity index (χ4n) is 4.77. The van der Waals surface area contributed by atoms with E-state index in [1.165, 1.54) is 24.0 Å². The summed E-state index contributed by atoms with van der Waals surface area (Å²) in [6.45, 7) is 2.05. The molecule has 1 saturated carbocycles. The van der Waals surface area contributed by atoms with E-state index < -0.39 is 17.5 Å². The molecule has 7 nitrogen and oxygen atoms in total. The number of nitrogens with one attached hydrogen (secondary N) is 3. The van der Waals surface area contributed by atoms with Crippen LogP contribution in [-0.2, 0) is 22.4 Å². The molecule has 0 radical (unpaired) electrons. The fourth-order valence-corrected chi connectivity index (χ4v) is 4.77. The molecule has 1 atom stereocenters. The van der Waals surface area contributed by atoms with Gasteiger partial charge in [0.05, 0.1) is 6.54 Å². The molecule has 3 aliphatic rings. The zero-order valence-electron chi connectivity index (χ0n) is 17.1. The van der Waals surface area contributed by atoms with Crippen molar-refractivity contribution in [3.63, 3.8) is 0 Å². The third-order valence-corrected chi connectivity index (χ3v) is 6.55. The number of hydrazine groups is 1. The number of carbonyl (C=O) groups is 3. The van der Waals surface area contributed by atoms with E-state index in [9.17, 15) is 14.4 Å². The molecule has 0 bridgehead atoms. The first kappa shape index (κ1) is 19.9. The molecule has 1 heterocycles. The molecule has 4 amide bonds. The summed E-state index contributed by atoms with van der Waals surface area (Å²) in [5, 5.41) is 6.85. The molecule has 3 N–H and O–H groups in total. The van der Waals surface area contributed by atoms with E-state index in [4.69, 9.17) is 0 Å². The molecular weight excluding hydrogens is 368 g/mol. The first-order valence-electron chi connectivity index (χ1n) is 10.8. The number of hydrogen-bond acceptors (Lipinski definition) is 4. The van der Waals surface area contributed by atoms with Crippen molar-refractivity contribution < 1.29 is 14.4 Å². The van der Waals surface area contributed by atoms with Crippen LogP contribution in [0.2, 0.25) is 0 Å². The Labute approximate surface area is 171 Å². The minimum absolute atomic E-state index is 0.000712. The Morgan fingerprint density at radius 1 is 1.10 bits per heavy atom. The van der Waals surface area contributed by atoms with Gasteiger partial charge in [-0.25, -0.2) is 4.79 Å². The first-order valence-corrected chi connectivity index (χ1v) is 10.8. The third kappa shape index (κ3) is 4.01. The van der Waals surface area contributed by atoms with Crippen LogP contribution < -0.4 is 16.1 Å². The number of carbonyl (C=O) groups excluding carboxylic acids is 3. The van der Waals surface area contributed by atoms with Gasteiger partial charge in [0.2, 0.25) is 0 Å². The summed E-state index contributed by atoms with van der Waals surface area (Å²) < 4.78 is 0. The summed E-state index contributed by atoms with van der Waals surface area (Å²) in [5.41, 5.74) is 5.64. The fraction of sp³-hybridized carbons (Fsp3) is 0.591. The number of hydrogen-bond donors (Lipinski definition) is 3. The van der Waals surface area contributed by atoms with Gasteiger partial charge in [0.1, 0.15) is 5.54 Å². The normalized spacial score (nSPS) is 21.6. The highest BCUT2D eigenvalue weighted by atomic mass is 16.2. The molecule has 1 aromatic carbocycles. The summed E-state index contributed by atoms with van der Waals surface area (Å²) in [6.07, 6.45) is 8.91. The second-order valence-electron chi connectivity index (χ2n) is 8.59. The lowest BCUT2D eigenvalue weighted by atomic mass is 9.82. The van der Waals surface area contributed by atoms with E-state index in [0.717, 1.165) is 42.7 Å². The Morgan fingerprint density at radius 2 is 1.83 bits per heavy atom. The zero-order valence-corrected chi connectivity index (χ0v) is 17.1. The SMILES string of the molecule is C[C@H](NCC(=O)NN1C(=O)NC2(CCCCC2)C1=O)c1ccc2c(c1)CCCC2. The zero-order chi connectivity index (χ0) is 20.4. The van der Waals surface area contributed by atoms with Crippen LogP contribution in [-0.4, -0.2) is 34.9 Å². The standard InChI is InChI=1S/C22H30N4O3/c1-15(17-10-9-16-7-3-4-8-18(16)13-17)23-14-19(27)25-26-20(28)22(24-21(26)29)11-5-2-6-12-22/h9-10,13,15,23H,2-8,11-12,14H2,1H3,(H,24,29)(H,25,27)/t15-/m0/s1. The maximum atomic E-state index is 12.7. The quantitative estimate of drug-likeness (QED) is 0.665. The lowest BCUT2D eigenvalue weighted by Crippen LogP contribution is -2.52. The largest absolute Gasteiger partial charge is 0.344 e. The Kier molecular flexibility index (Phi) is 5.58. The lowest BCUT2D eigenvalue weighted by molar-refractivity contribution is -0.139. The van der Waals surface area contributed by atoms with Crippen LogP contribution in [0.15, 0.2) is 18.2 Å². The van der Waals surface area contributed by atoms with Crippen molar-refractivity contribution in [2.24, 2.45) is 0 Å². The van der Waals surface area contributed by atoms with E-state index in [2.05, 4.69) is 34.3 Å². The molecule has 1 spiro atoms. The van der Waals surface area contributed by atoms with Crippen molar-refractivity contribution >= 4 is 17.8 Å². The second kappa shape index (κ2) is 8.14. The van der Waals surface area contributed by atoms with Crippen LogP contribution in [0.3, 0.4) is 0 Å². The molecule has 2 fully saturated rings. The maximum Gasteiger partial charge on any atom is 0.344 e. The summed E-state index contributed by atoms with van der Waals surface area (Å²) in [5.74, 6) is -0.732. The van der Waals surface area contributed by atoms with Gasteiger partial charge in [-0.05, 0) is 62.1 Å². The Morgan fingerprint density at radius 3 is 2.59 bits per heavy atom. The smallest absolute Gasteiger partial charge is 0.322 e. The van der Waals surface area contributed by atoms with E-state index in [0.29, 0.717) is 12.8 Å². The van der Waals surface area contributed by atoms with Crippen LogP contribution in [0.5, 0.6) is 0 Å². The van der Waals surface area contributed by atoms with Gasteiger partial charge in [-0.15, -0.1) is 0 Å². The molecule has 29 heavy (non-hydrogen) atoms. The first-order chi connectivity index (χ1) is 14.0. The average molecular weight is 399 g/mol. The number of amides is 4. The predicted octanol–water partition coefficient (Wildman–Crippen LogP) is 2.50. The average Bonchev–Trinajstić information content (AvgIpc) is 2.96. The van der Waals surface area contributed by atoms with E-state index in [-0.39, 0.29) is 18.5 Å². The minimum atomic E-state index is -0.827. The van der Waals surface area contributed by atoms with Crippen molar-refractivity contribution in [3.05, 3.63) is 34.9 Å². The van der Waals surface area contributed by atoms with Crippen molar-refractivity contribution in [2.45, 2.75) is 76.3 Å². The molecule has 1 aromatic rings. The van der Waals surface area contributed by atoms with Gasteiger partial charge < -0.3 is 10.6 Å². The minimum Gasteiger partial charge on any atom is -0.322 e. The van der Waals surface area contributed by atoms with Gasteiger partial charge in [0, 0.05) is 6.04 Å². The number of rotatable bonds is 5. The molecule has 0 aromatic heterocycles. The van der Waals surface area contributed by atoms with Gasteiger partial charge in [-0.3, -0.25) is 15.0 Å². The number of aryl methyl sites for hydroxylation is 2. The maximum absolute atomic E-state index is 12.7. The monoisotopic (exact) mass is 398 g/mol. The molecule has 7 heteroatoms. The van der Waals surface area contributed by atoms with Gasteiger partial charge >= 0.3 is 6.03 Å². The van der Waals surface area contributed by atoms with Crippen LogP contribution in [0.4, 0.5) is 4.79 Å². The van der Waals surface area contributed by atoms with E-state index in [1.54, 1.807) is 0 Å². The van der Waals surface area contributed by atoms with E-state index >= 15 is 0 Å². The van der Waals surface area contributed by atoms with Crippen LogP contribution in [0.1, 0.15) is 74.6 Å².